The maximum Gasteiger partial charge on any atom is 0.269 e. The summed E-state index contributed by atoms with van der Waals surface area (Å²) in [4.78, 5) is 13.2. The zero-order chi connectivity index (χ0) is 21.6. The molecule has 3 aromatic carbocycles. The van der Waals surface area contributed by atoms with E-state index in [0.29, 0.717) is 0 Å². The smallest absolute Gasteiger partial charge is 0.269 e. The van der Waals surface area contributed by atoms with Crippen LogP contribution in [0.3, 0.4) is 0 Å². The van der Waals surface area contributed by atoms with E-state index in [-0.39, 0.29) is 22.6 Å². The van der Waals surface area contributed by atoms with Gasteiger partial charge < -0.3 is 9.64 Å². The molecule has 3 aromatic rings. The summed E-state index contributed by atoms with van der Waals surface area (Å²) >= 11 is 0. The number of benzene rings is 3. The van der Waals surface area contributed by atoms with Crippen LogP contribution in [0.2, 0.25) is 0 Å². The molecule has 0 unspecified atom stereocenters. The second kappa shape index (κ2) is 9.75. The highest BCUT2D eigenvalue weighted by molar-refractivity contribution is 5.34. The quantitative estimate of drug-likeness (QED) is 0.383. The van der Waals surface area contributed by atoms with Crippen LogP contribution >= 0.6 is 0 Å². The van der Waals surface area contributed by atoms with E-state index in [1.807, 2.05) is 24.3 Å². The van der Waals surface area contributed by atoms with Gasteiger partial charge in [0.15, 0.2) is 0 Å². The summed E-state index contributed by atoms with van der Waals surface area (Å²) in [6, 6.07) is 25.8. The fourth-order valence-corrected chi connectivity index (χ4v) is 4.27. The fraction of sp³-hybridized carbons (Fsp3) is 0.308. The number of non-ortho nitro benzene ring substituents is 1. The van der Waals surface area contributed by atoms with Crippen molar-refractivity contribution < 1.29 is 9.66 Å². The van der Waals surface area contributed by atoms with E-state index in [0.717, 1.165) is 43.8 Å². The summed E-state index contributed by atoms with van der Waals surface area (Å²) in [6.07, 6.45) is 1.87. The largest absolute Gasteiger partial charge is 0.490 e. The molecule has 4 rings (SSSR count). The third-order valence-corrected chi connectivity index (χ3v) is 6.01. The minimum absolute atomic E-state index is 0.124. The van der Waals surface area contributed by atoms with Crippen molar-refractivity contribution >= 4 is 5.69 Å². The van der Waals surface area contributed by atoms with Crippen molar-refractivity contribution in [3.05, 3.63) is 106 Å². The molecule has 160 valence electrons. The molecule has 0 aromatic heterocycles. The topological polar surface area (TPSA) is 55.6 Å². The first-order chi connectivity index (χ1) is 15.1. The van der Waals surface area contributed by atoms with E-state index in [4.69, 9.17) is 4.74 Å². The minimum atomic E-state index is -0.331. The number of aryl methyl sites for hydroxylation is 1. The van der Waals surface area contributed by atoms with Crippen LogP contribution in [-0.2, 0) is 6.42 Å². The number of nitro benzene ring substituents is 1. The summed E-state index contributed by atoms with van der Waals surface area (Å²) in [5, 5.41) is 11.0. The Morgan fingerprint density at radius 3 is 2.55 bits per heavy atom. The molecule has 0 saturated carbocycles. The van der Waals surface area contributed by atoms with Crippen molar-refractivity contribution in [3.63, 3.8) is 0 Å². The average Bonchev–Trinajstić information content (AvgIpc) is 2.80. The summed E-state index contributed by atoms with van der Waals surface area (Å²) < 4.78 is 6.43. The lowest BCUT2D eigenvalue weighted by molar-refractivity contribution is -0.384. The van der Waals surface area contributed by atoms with Crippen LogP contribution in [0.4, 0.5) is 5.69 Å². The van der Waals surface area contributed by atoms with Crippen LogP contribution in [0.1, 0.15) is 29.0 Å². The lowest BCUT2D eigenvalue weighted by Gasteiger charge is -2.39. The number of ether oxygens (including phenoxy) is 1. The van der Waals surface area contributed by atoms with Gasteiger partial charge in [-0.15, -0.1) is 0 Å². The summed E-state index contributed by atoms with van der Waals surface area (Å²) in [6.45, 7) is 4.82. The highest BCUT2D eigenvalue weighted by Crippen LogP contribution is 2.31. The maximum absolute atomic E-state index is 11.0. The lowest BCUT2D eigenvalue weighted by Crippen LogP contribution is -2.44. The van der Waals surface area contributed by atoms with Gasteiger partial charge in [0.1, 0.15) is 11.9 Å². The number of piperidine rings is 1. The number of nitrogens with zero attached hydrogens (tertiary/aromatic N) is 2. The molecular weight excluding hydrogens is 388 g/mol. The molecule has 1 saturated heterocycles. The zero-order valence-electron chi connectivity index (χ0n) is 17.8. The standard InChI is InChI=1S/C26H28N2O3/c1-20-10-12-24(13-11-20)31-26-15-17-27(19-25(26)22-7-3-2-4-8-22)16-14-21-6-5-9-23(18-21)28(29)30/h2-13,18,25-26H,14-17,19H2,1H3/t25-,26-/m0/s1. The van der Waals surface area contributed by atoms with Crippen LogP contribution in [0.25, 0.3) is 0 Å². The Labute approximate surface area is 183 Å². The molecule has 5 nitrogen and oxygen atoms in total. The van der Waals surface area contributed by atoms with E-state index in [1.54, 1.807) is 18.2 Å². The maximum atomic E-state index is 11.0. The van der Waals surface area contributed by atoms with Gasteiger partial charge in [-0.05, 0) is 43.0 Å². The highest BCUT2D eigenvalue weighted by atomic mass is 16.6. The summed E-state index contributed by atoms with van der Waals surface area (Å²) in [7, 11) is 0. The van der Waals surface area contributed by atoms with Gasteiger partial charge in [0, 0.05) is 37.7 Å². The van der Waals surface area contributed by atoms with Crippen molar-refractivity contribution in [2.24, 2.45) is 0 Å². The molecule has 2 atom stereocenters. The van der Waals surface area contributed by atoms with Crippen molar-refractivity contribution in [3.8, 4) is 5.75 Å². The molecule has 0 aliphatic carbocycles. The van der Waals surface area contributed by atoms with Crippen molar-refractivity contribution in [1.29, 1.82) is 0 Å². The Kier molecular flexibility index (Phi) is 6.63. The Morgan fingerprint density at radius 2 is 1.81 bits per heavy atom. The number of likely N-dealkylation sites (tertiary alicyclic amines) is 1. The normalized spacial score (nSPS) is 19.1. The monoisotopic (exact) mass is 416 g/mol. The molecule has 0 radical (unpaired) electrons. The van der Waals surface area contributed by atoms with Gasteiger partial charge in [0.2, 0.25) is 0 Å². The highest BCUT2D eigenvalue weighted by Gasteiger charge is 2.32. The van der Waals surface area contributed by atoms with Gasteiger partial charge in [-0.25, -0.2) is 0 Å². The molecule has 0 bridgehead atoms. The predicted octanol–water partition coefficient (Wildman–Crippen LogP) is 5.38. The second-order valence-electron chi connectivity index (χ2n) is 8.25. The van der Waals surface area contributed by atoms with Crippen LogP contribution in [0.5, 0.6) is 5.75 Å². The van der Waals surface area contributed by atoms with Gasteiger partial charge >= 0.3 is 0 Å². The Hall–Kier alpha value is -3.18. The molecule has 5 heteroatoms. The van der Waals surface area contributed by atoms with Gasteiger partial charge in [0.05, 0.1) is 4.92 Å². The van der Waals surface area contributed by atoms with Gasteiger partial charge in [-0.2, -0.15) is 0 Å². The molecular formula is C26H28N2O3. The Morgan fingerprint density at radius 1 is 1.03 bits per heavy atom. The third kappa shape index (κ3) is 5.50. The molecule has 31 heavy (non-hydrogen) atoms. The summed E-state index contributed by atoms with van der Waals surface area (Å²) in [5.41, 5.74) is 3.68. The van der Waals surface area contributed by atoms with Crippen LogP contribution in [-0.4, -0.2) is 35.6 Å². The first kappa shape index (κ1) is 21.1. The molecule has 0 amide bonds. The van der Waals surface area contributed by atoms with E-state index < -0.39 is 0 Å². The van der Waals surface area contributed by atoms with Crippen molar-refractivity contribution in [2.75, 3.05) is 19.6 Å². The predicted molar refractivity (Wildman–Crippen MR) is 123 cm³/mol. The first-order valence-corrected chi connectivity index (χ1v) is 10.8. The zero-order valence-corrected chi connectivity index (χ0v) is 17.8. The van der Waals surface area contributed by atoms with Gasteiger partial charge in [-0.1, -0.05) is 60.2 Å². The summed E-state index contributed by atoms with van der Waals surface area (Å²) in [5.74, 6) is 1.20. The van der Waals surface area contributed by atoms with Crippen LogP contribution in [0.15, 0.2) is 78.9 Å². The number of hydrogen-bond acceptors (Lipinski definition) is 4. The fourth-order valence-electron chi connectivity index (χ4n) is 4.27. The van der Waals surface area contributed by atoms with E-state index in [1.165, 1.54) is 11.1 Å². The van der Waals surface area contributed by atoms with Gasteiger partial charge in [0.25, 0.3) is 5.69 Å². The van der Waals surface area contributed by atoms with E-state index in [9.17, 15) is 10.1 Å². The number of rotatable bonds is 7. The molecule has 1 fully saturated rings. The average molecular weight is 417 g/mol. The number of hydrogen-bond donors (Lipinski definition) is 0. The third-order valence-electron chi connectivity index (χ3n) is 6.01. The van der Waals surface area contributed by atoms with Crippen molar-refractivity contribution in [1.82, 2.24) is 4.90 Å². The van der Waals surface area contributed by atoms with Crippen LogP contribution in [0, 0.1) is 17.0 Å². The minimum Gasteiger partial charge on any atom is -0.490 e. The first-order valence-electron chi connectivity index (χ1n) is 10.8. The molecule has 0 N–H and O–H groups in total. The second-order valence-corrected chi connectivity index (χ2v) is 8.25. The molecule has 0 spiro atoms. The van der Waals surface area contributed by atoms with Crippen LogP contribution < -0.4 is 4.74 Å². The molecule has 1 aliphatic heterocycles. The Bertz CT molecular complexity index is 1000. The van der Waals surface area contributed by atoms with Crippen molar-refractivity contribution in [2.45, 2.75) is 31.8 Å². The lowest BCUT2D eigenvalue weighted by atomic mass is 9.87. The van der Waals surface area contributed by atoms with Gasteiger partial charge in [-0.3, -0.25) is 10.1 Å². The van der Waals surface area contributed by atoms with E-state index >= 15 is 0 Å². The SMILES string of the molecule is Cc1ccc(O[C@H]2CCN(CCc3cccc([N+](=O)[O-])c3)C[C@H]2c2ccccc2)cc1. The Balaban J connectivity index is 1.45. The number of nitro groups is 1. The molecule has 1 heterocycles. The van der Waals surface area contributed by atoms with E-state index in [2.05, 4.69) is 48.2 Å². The molecule has 1 aliphatic rings.